The number of rotatable bonds is 5. The van der Waals surface area contributed by atoms with Crippen LogP contribution < -0.4 is 5.32 Å². The fraction of sp³-hybridized carbons (Fsp3) is 0.318. The monoisotopic (exact) mass is 444 g/mol. The van der Waals surface area contributed by atoms with Gasteiger partial charge in [0.2, 0.25) is 17.7 Å². The highest BCUT2D eigenvalue weighted by Crippen LogP contribution is 2.54. The number of furan rings is 1. The number of fused-ring (bicyclic) bond motifs is 5. The summed E-state index contributed by atoms with van der Waals surface area (Å²) in [4.78, 5) is 40.5. The first-order chi connectivity index (χ1) is 14.4. The van der Waals surface area contributed by atoms with E-state index in [1.54, 1.807) is 24.3 Å². The summed E-state index contributed by atoms with van der Waals surface area (Å²) < 4.78 is 5.50. The maximum Gasteiger partial charge on any atom is 0.234 e. The second kappa shape index (κ2) is 7.29. The van der Waals surface area contributed by atoms with Gasteiger partial charge in [0.05, 0.1) is 35.2 Å². The van der Waals surface area contributed by atoms with E-state index in [0.717, 1.165) is 6.42 Å². The van der Waals surface area contributed by atoms with Crippen LogP contribution in [0.15, 0.2) is 53.2 Å². The van der Waals surface area contributed by atoms with E-state index in [0.29, 0.717) is 21.5 Å². The minimum atomic E-state index is -0.809. The molecule has 2 heterocycles. The Morgan fingerprint density at radius 1 is 1.13 bits per heavy atom. The molecular formula is C22H18Cl2N2O4. The topological polar surface area (TPSA) is 79.6 Å². The predicted octanol–water partition coefficient (Wildman–Crippen LogP) is 4.46. The largest absolute Gasteiger partial charge is 0.467 e. The van der Waals surface area contributed by atoms with Crippen molar-refractivity contribution in [3.05, 3.63) is 64.6 Å². The number of hydrogen-bond donors (Lipinski definition) is 1. The molecule has 2 bridgehead atoms. The van der Waals surface area contributed by atoms with Crippen molar-refractivity contribution in [3.8, 4) is 0 Å². The van der Waals surface area contributed by atoms with E-state index in [9.17, 15) is 14.4 Å². The number of anilines is 1. The lowest BCUT2D eigenvalue weighted by Crippen LogP contribution is -2.38. The van der Waals surface area contributed by atoms with E-state index in [1.165, 1.54) is 17.2 Å². The van der Waals surface area contributed by atoms with Crippen molar-refractivity contribution in [1.82, 2.24) is 4.90 Å². The van der Waals surface area contributed by atoms with E-state index < -0.39 is 6.04 Å². The lowest BCUT2D eigenvalue weighted by molar-refractivity contribution is -0.144. The van der Waals surface area contributed by atoms with Gasteiger partial charge in [0.25, 0.3) is 0 Å². The van der Waals surface area contributed by atoms with Crippen LogP contribution in [0.3, 0.4) is 0 Å². The van der Waals surface area contributed by atoms with Gasteiger partial charge in [-0.2, -0.15) is 0 Å². The van der Waals surface area contributed by atoms with Gasteiger partial charge in [-0.3, -0.25) is 19.3 Å². The maximum atomic E-state index is 13.2. The molecule has 30 heavy (non-hydrogen) atoms. The highest BCUT2D eigenvalue weighted by Gasteiger charge is 2.60. The summed E-state index contributed by atoms with van der Waals surface area (Å²) >= 11 is 12.0. The Morgan fingerprint density at radius 2 is 1.83 bits per heavy atom. The van der Waals surface area contributed by atoms with E-state index in [2.05, 4.69) is 5.32 Å². The first kappa shape index (κ1) is 19.4. The van der Waals surface area contributed by atoms with Crippen molar-refractivity contribution in [2.24, 2.45) is 23.7 Å². The molecular weight excluding hydrogens is 427 g/mol. The smallest absolute Gasteiger partial charge is 0.234 e. The molecule has 0 radical (unpaired) electrons. The number of halogens is 2. The zero-order valence-corrected chi connectivity index (χ0v) is 17.3. The minimum absolute atomic E-state index is 0.0976. The zero-order valence-electron chi connectivity index (χ0n) is 15.8. The maximum absolute atomic E-state index is 13.2. The molecule has 2 aliphatic carbocycles. The Hall–Kier alpha value is -2.57. The number of hydrogen-bond acceptors (Lipinski definition) is 4. The standard InChI is InChI=1S/C22H18Cl2N2O4/c23-13-5-6-15(14(24)9-13)25-18(27)10-16(17-2-1-7-30-17)26-21(28)19-11-3-4-12(8-11)20(19)22(26)29/h1-7,9,11-12,16,19-20H,8,10H2,(H,25,27). The van der Waals surface area contributed by atoms with Crippen LogP contribution in [0.25, 0.3) is 0 Å². The number of allylic oxidation sites excluding steroid dienone is 2. The average molecular weight is 445 g/mol. The Morgan fingerprint density at radius 3 is 2.43 bits per heavy atom. The number of nitrogens with zero attached hydrogens (tertiary/aromatic N) is 1. The number of carbonyl (C=O) groups is 3. The van der Waals surface area contributed by atoms with Crippen molar-refractivity contribution in [3.63, 3.8) is 0 Å². The van der Waals surface area contributed by atoms with Gasteiger partial charge in [-0.05, 0) is 48.6 Å². The molecule has 6 nitrogen and oxygen atoms in total. The number of amides is 3. The lowest BCUT2D eigenvalue weighted by atomic mass is 9.85. The van der Waals surface area contributed by atoms with Gasteiger partial charge in [0.15, 0.2) is 0 Å². The molecule has 1 aromatic carbocycles. The second-order valence-corrected chi connectivity index (χ2v) is 8.80. The van der Waals surface area contributed by atoms with Gasteiger partial charge in [-0.25, -0.2) is 0 Å². The Bertz CT molecular complexity index is 1040. The molecule has 2 fully saturated rings. The number of imide groups is 1. The van der Waals surface area contributed by atoms with Crippen molar-refractivity contribution in [2.45, 2.75) is 18.9 Å². The van der Waals surface area contributed by atoms with Gasteiger partial charge in [0, 0.05) is 5.02 Å². The van der Waals surface area contributed by atoms with Gasteiger partial charge >= 0.3 is 0 Å². The van der Waals surface area contributed by atoms with Gasteiger partial charge in [-0.1, -0.05) is 35.4 Å². The summed E-state index contributed by atoms with van der Waals surface area (Å²) in [6.45, 7) is 0. The van der Waals surface area contributed by atoms with E-state index >= 15 is 0 Å². The van der Waals surface area contributed by atoms with Crippen molar-refractivity contribution >= 4 is 46.6 Å². The second-order valence-electron chi connectivity index (χ2n) is 7.95. The predicted molar refractivity (Wildman–Crippen MR) is 111 cm³/mol. The van der Waals surface area contributed by atoms with Crippen molar-refractivity contribution < 1.29 is 18.8 Å². The fourth-order valence-electron chi connectivity index (χ4n) is 5.00. The summed E-state index contributed by atoms with van der Waals surface area (Å²) in [5.74, 6) is -0.909. The molecule has 5 unspecified atom stereocenters. The molecule has 1 aromatic heterocycles. The normalized spacial score (nSPS) is 27.6. The minimum Gasteiger partial charge on any atom is -0.467 e. The van der Waals surface area contributed by atoms with Crippen LogP contribution >= 0.6 is 23.2 Å². The Labute approximate surface area is 182 Å². The quantitative estimate of drug-likeness (QED) is 0.545. The number of benzene rings is 1. The number of likely N-dealkylation sites (tertiary alicyclic amines) is 1. The van der Waals surface area contributed by atoms with Gasteiger partial charge in [-0.15, -0.1) is 0 Å². The van der Waals surface area contributed by atoms with Gasteiger partial charge < -0.3 is 9.73 Å². The first-order valence-corrected chi connectivity index (χ1v) is 10.5. The van der Waals surface area contributed by atoms with Crippen LogP contribution in [0.4, 0.5) is 5.69 Å². The molecule has 0 spiro atoms. The third-order valence-corrected chi connectivity index (χ3v) is 6.82. The summed E-state index contributed by atoms with van der Waals surface area (Å²) in [5.41, 5.74) is 0.405. The molecule has 1 N–H and O–H groups in total. The molecule has 5 rings (SSSR count). The van der Waals surface area contributed by atoms with Gasteiger partial charge in [0.1, 0.15) is 11.8 Å². The molecule has 8 heteroatoms. The third-order valence-electron chi connectivity index (χ3n) is 6.27. The molecule has 3 amide bonds. The molecule has 154 valence electrons. The molecule has 1 aliphatic heterocycles. The molecule has 5 atom stereocenters. The summed E-state index contributed by atoms with van der Waals surface area (Å²) in [7, 11) is 0. The van der Waals surface area contributed by atoms with Crippen LogP contribution in [-0.2, 0) is 14.4 Å². The third kappa shape index (κ3) is 3.06. The van der Waals surface area contributed by atoms with Crippen molar-refractivity contribution in [2.75, 3.05) is 5.32 Å². The van der Waals surface area contributed by atoms with E-state index in [1.807, 2.05) is 12.2 Å². The van der Waals surface area contributed by atoms with Crippen molar-refractivity contribution in [1.29, 1.82) is 0 Å². The molecule has 1 saturated carbocycles. The molecule has 1 saturated heterocycles. The van der Waals surface area contributed by atoms with Crippen LogP contribution in [-0.4, -0.2) is 22.6 Å². The average Bonchev–Trinajstić information content (AvgIpc) is 3.48. The van der Waals surface area contributed by atoms with Crippen LogP contribution in [0.1, 0.15) is 24.6 Å². The highest BCUT2D eigenvalue weighted by molar-refractivity contribution is 6.36. The molecule has 3 aliphatic rings. The fourth-order valence-corrected chi connectivity index (χ4v) is 5.46. The summed E-state index contributed by atoms with van der Waals surface area (Å²) in [6, 6.07) is 7.29. The lowest BCUT2D eigenvalue weighted by Gasteiger charge is -2.26. The summed E-state index contributed by atoms with van der Waals surface area (Å²) in [5, 5.41) is 3.49. The highest BCUT2D eigenvalue weighted by atomic mass is 35.5. The zero-order chi connectivity index (χ0) is 21.0. The Balaban J connectivity index is 1.40. The SMILES string of the molecule is O=C(CC(c1ccco1)N1C(=O)C2C3C=CC(C3)C2C1=O)Nc1ccc(Cl)cc1Cl. The van der Waals surface area contributed by atoms with E-state index in [4.69, 9.17) is 27.6 Å². The first-order valence-electron chi connectivity index (χ1n) is 9.77. The number of carbonyl (C=O) groups excluding carboxylic acids is 3. The van der Waals surface area contributed by atoms with Crippen LogP contribution in [0.5, 0.6) is 0 Å². The summed E-state index contributed by atoms with van der Waals surface area (Å²) in [6.07, 6.45) is 6.26. The van der Waals surface area contributed by atoms with Crippen LogP contribution in [0, 0.1) is 23.7 Å². The Kier molecular flexibility index (Phi) is 4.71. The number of nitrogens with one attached hydrogen (secondary N) is 1. The molecule has 2 aromatic rings. The van der Waals surface area contributed by atoms with Crippen LogP contribution in [0.2, 0.25) is 10.0 Å². The van der Waals surface area contributed by atoms with E-state index in [-0.39, 0.29) is 47.8 Å².